The van der Waals surface area contributed by atoms with Crippen molar-refractivity contribution in [2.75, 3.05) is 18.9 Å². The third kappa shape index (κ3) is 4.07. The van der Waals surface area contributed by atoms with Gasteiger partial charge in [-0.15, -0.1) is 5.10 Å². The summed E-state index contributed by atoms with van der Waals surface area (Å²) < 4.78 is 18.2. The van der Waals surface area contributed by atoms with Crippen LogP contribution in [0.1, 0.15) is 35.0 Å². The summed E-state index contributed by atoms with van der Waals surface area (Å²) in [5.74, 6) is 0.308. The number of ether oxygens (including phenoxy) is 2. The van der Waals surface area contributed by atoms with E-state index >= 15 is 0 Å². The second kappa shape index (κ2) is 8.44. The molecule has 1 aliphatic rings. The first-order valence-corrected chi connectivity index (χ1v) is 10.2. The van der Waals surface area contributed by atoms with Crippen molar-refractivity contribution in [3.05, 3.63) is 47.5 Å². The minimum Gasteiger partial charge on any atom is -0.462 e. The molecule has 0 bridgehead atoms. The molecule has 1 aliphatic heterocycles. The number of hydrogen-bond acceptors (Lipinski definition) is 10. The SMILES string of the molecule is CC(=O)c1coc(-c2nc(N)nc3c2nnn3Cc2ccc(COC3CCOC3)cn2)c1. The highest BCUT2D eigenvalue weighted by Gasteiger charge is 2.19. The van der Waals surface area contributed by atoms with Crippen LogP contribution in [0, 0.1) is 0 Å². The zero-order valence-electron chi connectivity index (χ0n) is 17.4. The van der Waals surface area contributed by atoms with Crippen LogP contribution in [0.4, 0.5) is 5.95 Å². The molecule has 164 valence electrons. The van der Waals surface area contributed by atoms with Gasteiger partial charge >= 0.3 is 0 Å². The number of aromatic nitrogens is 6. The van der Waals surface area contributed by atoms with Gasteiger partial charge in [0, 0.05) is 12.8 Å². The summed E-state index contributed by atoms with van der Waals surface area (Å²) in [6, 6.07) is 5.48. The number of fused-ring (bicyclic) bond motifs is 1. The Kier molecular flexibility index (Phi) is 5.33. The normalized spacial score (nSPS) is 16.1. The Morgan fingerprint density at radius 3 is 2.97 bits per heavy atom. The summed E-state index contributed by atoms with van der Waals surface area (Å²) in [4.78, 5) is 24.6. The van der Waals surface area contributed by atoms with Crippen molar-refractivity contribution in [3.8, 4) is 11.5 Å². The van der Waals surface area contributed by atoms with Crippen LogP contribution in [0.5, 0.6) is 0 Å². The number of nitrogens with zero attached hydrogens (tertiary/aromatic N) is 6. The predicted molar refractivity (Wildman–Crippen MR) is 113 cm³/mol. The van der Waals surface area contributed by atoms with E-state index in [1.807, 2.05) is 12.1 Å². The van der Waals surface area contributed by atoms with E-state index in [0.29, 0.717) is 47.9 Å². The molecule has 1 unspecified atom stereocenters. The molecule has 5 rings (SSSR count). The van der Waals surface area contributed by atoms with Gasteiger partial charge in [-0.25, -0.2) is 9.67 Å². The van der Waals surface area contributed by atoms with Crippen molar-refractivity contribution < 1.29 is 18.7 Å². The molecule has 11 nitrogen and oxygen atoms in total. The fourth-order valence-corrected chi connectivity index (χ4v) is 3.44. The van der Waals surface area contributed by atoms with Crippen LogP contribution in [0.25, 0.3) is 22.6 Å². The molecule has 0 amide bonds. The predicted octanol–water partition coefficient (Wildman–Crippen LogP) is 2.01. The number of nitrogens with two attached hydrogens (primary N) is 1. The molecule has 1 saturated heterocycles. The molecule has 11 heteroatoms. The van der Waals surface area contributed by atoms with Gasteiger partial charge < -0.3 is 19.6 Å². The number of ketones is 1. The zero-order valence-corrected chi connectivity index (χ0v) is 17.4. The van der Waals surface area contributed by atoms with E-state index in [9.17, 15) is 4.79 Å². The molecule has 0 spiro atoms. The second-order valence-electron chi connectivity index (χ2n) is 7.56. The number of pyridine rings is 1. The van der Waals surface area contributed by atoms with Crippen LogP contribution >= 0.6 is 0 Å². The summed E-state index contributed by atoms with van der Waals surface area (Å²) in [6.07, 6.45) is 4.23. The van der Waals surface area contributed by atoms with Crippen molar-refractivity contribution in [1.82, 2.24) is 29.9 Å². The average molecular weight is 435 g/mol. The van der Waals surface area contributed by atoms with E-state index in [1.165, 1.54) is 13.2 Å². The van der Waals surface area contributed by atoms with Crippen LogP contribution in [-0.2, 0) is 22.6 Å². The molecular formula is C21H21N7O4. The van der Waals surface area contributed by atoms with Crippen LogP contribution < -0.4 is 5.73 Å². The minimum absolute atomic E-state index is 0.0492. The lowest BCUT2D eigenvalue weighted by Crippen LogP contribution is -2.12. The van der Waals surface area contributed by atoms with Gasteiger partial charge in [-0.3, -0.25) is 9.78 Å². The number of rotatable bonds is 7. The van der Waals surface area contributed by atoms with Crippen LogP contribution in [0.15, 0.2) is 35.1 Å². The number of furan rings is 1. The number of carbonyl (C=O) groups excluding carboxylic acids is 1. The molecule has 0 aliphatic carbocycles. The quantitative estimate of drug-likeness (QED) is 0.428. The Bertz CT molecular complexity index is 1260. The largest absolute Gasteiger partial charge is 0.462 e. The highest BCUT2D eigenvalue weighted by atomic mass is 16.5. The van der Waals surface area contributed by atoms with Crippen LogP contribution in [-0.4, -0.2) is 55.0 Å². The molecule has 1 fully saturated rings. The standard InChI is InChI=1S/C21H21N7O4/c1-12(29)14-6-17(32-10-14)18-19-20(25-21(22)24-18)28(27-26-19)8-15-3-2-13(7-23-15)9-31-16-4-5-30-11-16/h2-3,6-7,10,16H,4-5,8-9,11H2,1H3,(H2,22,24,25). The van der Waals surface area contributed by atoms with Crippen molar-refractivity contribution in [1.29, 1.82) is 0 Å². The molecule has 4 aromatic rings. The van der Waals surface area contributed by atoms with Crippen molar-refractivity contribution >= 4 is 22.9 Å². The lowest BCUT2D eigenvalue weighted by Gasteiger charge is -2.10. The van der Waals surface area contributed by atoms with Gasteiger partial charge in [0.15, 0.2) is 22.7 Å². The van der Waals surface area contributed by atoms with E-state index in [1.54, 1.807) is 16.9 Å². The molecule has 2 N–H and O–H groups in total. The maximum atomic E-state index is 11.6. The van der Waals surface area contributed by atoms with Gasteiger partial charge in [0.2, 0.25) is 5.95 Å². The maximum absolute atomic E-state index is 11.6. The fourth-order valence-electron chi connectivity index (χ4n) is 3.44. The number of nitrogen functional groups attached to an aromatic ring is 1. The highest BCUT2D eigenvalue weighted by molar-refractivity contribution is 5.95. The van der Waals surface area contributed by atoms with E-state index < -0.39 is 0 Å². The first kappa shape index (κ1) is 20.2. The van der Waals surface area contributed by atoms with Crippen molar-refractivity contribution in [3.63, 3.8) is 0 Å². The first-order valence-electron chi connectivity index (χ1n) is 10.2. The Morgan fingerprint density at radius 2 is 2.25 bits per heavy atom. The number of carbonyl (C=O) groups is 1. The smallest absolute Gasteiger partial charge is 0.222 e. The molecule has 1 atom stereocenters. The van der Waals surface area contributed by atoms with E-state index in [4.69, 9.17) is 19.6 Å². The summed E-state index contributed by atoms with van der Waals surface area (Å²) in [7, 11) is 0. The molecular weight excluding hydrogens is 414 g/mol. The number of hydrogen-bond donors (Lipinski definition) is 1. The maximum Gasteiger partial charge on any atom is 0.222 e. The zero-order chi connectivity index (χ0) is 22.1. The summed E-state index contributed by atoms with van der Waals surface area (Å²) in [5, 5.41) is 8.40. The summed E-state index contributed by atoms with van der Waals surface area (Å²) in [6.45, 7) is 3.70. The van der Waals surface area contributed by atoms with Gasteiger partial charge in [-0.1, -0.05) is 11.3 Å². The summed E-state index contributed by atoms with van der Waals surface area (Å²) >= 11 is 0. The number of anilines is 1. The molecule has 32 heavy (non-hydrogen) atoms. The van der Waals surface area contributed by atoms with E-state index in [0.717, 1.165) is 24.3 Å². The lowest BCUT2D eigenvalue weighted by atomic mass is 10.2. The van der Waals surface area contributed by atoms with Crippen LogP contribution in [0.3, 0.4) is 0 Å². The minimum atomic E-state index is -0.113. The molecule has 0 saturated carbocycles. The third-order valence-corrected chi connectivity index (χ3v) is 5.19. The Hall–Kier alpha value is -3.70. The topological polar surface area (TPSA) is 144 Å². The van der Waals surface area contributed by atoms with Crippen LogP contribution in [0.2, 0.25) is 0 Å². The van der Waals surface area contributed by atoms with Gasteiger partial charge in [0.1, 0.15) is 12.0 Å². The van der Waals surface area contributed by atoms with Crippen molar-refractivity contribution in [2.45, 2.75) is 32.6 Å². The Labute approximate surface area is 182 Å². The molecule has 0 aromatic carbocycles. The molecule has 0 radical (unpaired) electrons. The van der Waals surface area contributed by atoms with Gasteiger partial charge in [0.05, 0.1) is 37.1 Å². The molecule has 5 heterocycles. The van der Waals surface area contributed by atoms with Crippen molar-refractivity contribution in [2.24, 2.45) is 0 Å². The third-order valence-electron chi connectivity index (χ3n) is 5.19. The first-order chi connectivity index (χ1) is 15.6. The monoisotopic (exact) mass is 435 g/mol. The second-order valence-corrected chi connectivity index (χ2v) is 7.56. The van der Waals surface area contributed by atoms with Gasteiger partial charge in [0.25, 0.3) is 0 Å². The van der Waals surface area contributed by atoms with E-state index in [2.05, 4.69) is 25.3 Å². The Morgan fingerprint density at radius 1 is 1.34 bits per heavy atom. The average Bonchev–Trinajstić information content (AvgIpc) is 3.54. The number of Topliss-reactive ketones (excluding diaryl/α,β-unsaturated/α-hetero) is 1. The fraction of sp³-hybridized carbons (Fsp3) is 0.333. The summed E-state index contributed by atoms with van der Waals surface area (Å²) in [5.41, 5.74) is 9.36. The highest BCUT2D eigenvalue weighted by Crippen LogP contribution is 2.27. The van der Waals surface area contributed by atoms with Gasteiger partial charge in [-0.05, 0) is 31.0 Å². The Balaban J connectivity index is 1.36. The van der Waals surface area contributed by atoms with Gasteiger partial charge in [-0.2, -0.15) is 4.98 Å². The van der Waals surface area contributed by atoms with E-state index in [-0.39, 0.29) is 17.8 Å². The molecule has 4 aromatic heterocycles. The lowest BCUT2D eigenvalue weighted by molar-refractivity contribution is 0.0316.